The number of benzene rings is 1. The number of hydrogen-bond acceptors (Lipinski definition) is 5. The molecule has 3 N–H and O–H groups in total. The minimum absolute atomic E-state index is 0.0169. The quantitative estimate of drug-likeness (QED) is 0.505. The molecular weight excluding hydrogens is 338 g/mol. The maximum atomic E-state index is 13.6. The van der Waals surface area contributed by atoms with Crippen molar-refractivity contribution in [1.82, 2.24) is 4.98 Å². The first-order chi connectivity index (χ1) is 9.38. The van der Waals surface area contributed by atoms with Gasteiger partial charge in [0.1, 0.15) is 17.5 Å². The molecule has 2 aromatic rings. The summed E-state index contributed by atoms with van der Waals surface area (Å²) in [6.07, 6.45) is 0. The van der Waals surface area contributed by atoms with Gasteiger partial charge in [0, 0.05) is 12.1 Å². The van der Waals surface area contributed by atoms with Gasteiger partial charge in [0.15, 0.2) is 0 Å². The van der Waals surface area contributed by atoms with Gasteiger partial charge in [-0.3, -0.25) is 10.1 Å². The monoisotopic (exact) mass is 344 g/mol. The summed E-state index contributed by atoms with van der Waals surface area (Å²) in [7, 11) is 0. The smallest absolute Gasteiger partial charge is 0.311 e. The van der Waals surface area contributed by atoms with Gasteiger partial charge in [-0.15, -0.1) is 0 Å². The molecule has 9 heteroatoms. The average molecular weight is 345 g/mol. The summed E-state index contributed by atoms with van der Waals surface area (Å²) in [5.41, 5.74) is 4.88. The highest BCUT2D eigenvalue weighted by atomic mass is 79.9. The van der Waals surface area contributed by atoms with E-state index in [9.17, 15) is 18.9 Å². The number of aromatic nitrogens is 1. The van der Waals surface area contributed by atoms with Crippen LogP contribution in [0.25, 0.3) is 0 Å². The van der Waals surface area contributed by atoms with Crippen molar-refractivity contribution in [3.05, 3.63) is 50.5 Å². The van der Waals surface area contributed by atoms with Crippen molar-refractivity contribution in [3.63, 3.8) is 0 Å². The third-order valence-electron chi connectivity index (χ3n) is 2.37. The Hall–Kier alpha value is -2.29. The summed E-state index contributed by atoms with van der Waals surface area (Å²) >= 11 is 2.85. The number of halogens is 3. The molecule has 0 amide bonds. The van der Waals surface area contributed by atoms with E-state index < -0.39 is 16.6 Å². The van der Waals surface area contributed by atoms with Gasteiger partial charge in [0.25, 0.3) is 0 Å². The molecule has 20 heavy (non-hydrogen) atoms. The molecule has 0 bridgehead atoms. The fourth-order valence-electron chi connectivity index (χ4n) is 1.45. The first-order valence-electron chi connectivity index (χ1n) is 5.21. The molecule has 1 aromatic heterocycles. The highest BCUT2D eigenvalue weighted by Crippen LogP contribution is 2.27. The van der Waals surface area contributed by atoms with Crippen LogP contribution < -0.4 is 11.1 Å². The molecule has 0 radical (unpaired) electrons. The molecule has 6 nitrogen and oxygen atoms in total. The van der Waals surface area contributed by atoms with E-state index in [0.29, 0.717) is 0 Å². The second kappa shape index (κ2) is 5.37. The maximum absolute atomic E-state index is 13.6. The summed E-state index contributed by atoms with van der Waals surface area (Å²) in [5.74, 6) is -1.63. The molecule has 2 rings (SSSR count). The van der Waals surface area contributed by atoms with E-state index in [0.717, 1.165) is 18.2 Å². The third kappa shape index (κ3) is 2.82. The molecule has 0 atom stereocenters. The van der Waals surface area contributed by atoms with E-state index in [-0.39, 0.29) is 27.5 Å². The summed E-state index contributed by atoms with van der Waals surface area (Å²) in [4.78, 5) is 13.6. The van der Waals surface area contributed by atoms with Crippen LogP contribution in [0.4, 0.5) is 31.8 Å². The van der Waals surface area contributed by atoms with Gasteiger partial charge in [-0.2, -0.15) is 0 Å². The predicted octanol–water partition coefficient (Wildman–Crippen LogP) is 3.36. The van der Waals surface area contributed by atoms with Crippen molar-refractivity contribution in [2.45, 2.75) is 0 Å². The Morgan fingerprint density at radius 2 is 2.00 bits per heavy atom. The molecule has 0 aliphatic heterocycles. The largest absolute Gasteiger partial charge is 0.378 e. The van der Waals surface area contributed by atoms with Crippen LogP contribution in [0, 0.1) is 21.7 Å². The molecule has 0 aliphatic rings. The minimum atomic E-state index is -0.711. The van der Waals surface area contributed by atoms with Gasteiger partial charge in [-0.25, -0.2) is 13.8 Å². The topological polar surface area (TPSA) is 94.1 Å². The number of nitrogen functional groups attached to an aromatic ring is 1. The molecule has 1 heterocycles. The van der Waals surface area contributed by atoms with Crippen molar-refractivity contribution < 1.29 is 13.7 Å². The van der Waals surface area contributed by atoms with E-state index >= 15 is 0 Å². The van der Waals surface area contributed by atoms with E-state index in [1.807, 2.05) is 0 Å². The highest BCUT2D eigenvalue weighted by Gasteiger charge is 2.14. The van der Waals surface area contributed by atoms with Crippen LogP contribution >= 0.6 is 15.9 Å². The molecule has 1 aromatic carbocycles. The molecule has 104 valence electrons. The highest BCUT2D eigenvalue weighted by molar-refractivity contribution is 9.10. The number of nitrogens with one attached hydrogen (secondary N) is 1. The van der Waals surface area contributed by atoms with Crippen molar-refractivity contribution in [2.24, 2.45) is 0 Å². The lowest BCUT2D eigenvalue weighted by Crippen LogP contribution is -2.02. The van der Waals surface area contributed by atoms with Crippen LogP contribution in [-0.4, -0.2) is 9.91 Å². The lowest BCUT2D eigenvalue weighted by Gasteiger charge is -2.08. The van der Waals surface area contributed by atoms with Crippen LogP contribution in [0.3, 0.4) is 0 Å². The Morgan fingerprint density at radius 3 is 2.60 bits per heavy atom. The minimum Gasteiger partial charge on any atom is -0.378 e. The van der Waals surface area contributed by atoms with Crippen molar-refractivity contribution in [3.8, 4) is 0 Å². The predicted molar refractivity (Wildman–Crippen MR) is 72.6 cm³/mol. The van der Waals surface area contributed by atoms with Gasteiger partial charge in [0.05, 0.1) is 15.1 Å². The number of hydrogen-bond donors (Lipinski definition) is 2. The Kier molecular flexibility index (Phi) is 3.79. The van der Waals surface area contributed by atoms with Crippen LogP contribution in [-0.2, 0) is 0 Å². The summed E-state index contributed by atoms with van der Waals surface area (Å²) in [5, 5.41) is 13.1. The standard InChI is InChI=1S/C11H7BrF2N4O2/c12-5-3-7(14)8(4-6(5)13)16-10-2-1-9(18(19)20)11(15)17-10/h1-4H,(H3,15,16,17). The lowest BCUT2D eigenvalue weighted by molar-refractivity contribution is -0.384. The zero-order valence-electron chi connectivity index (χ0n) is 9.73. The van der Waals surface area contributed by atoms with Gasteiger partial charge < -0.3 is 11.1 Å². The van der Waals surface area contributed by atoms with E-state index in [2.05, 4.69) is 26.2 Å². The second-order valence-corrected chi connectivity index (χ2v) is 4.58. The average Bonchev–Trinajstić information content (AvgIpc) is 2.35. The van der Waals surface area contributed by atoms with Crippen LogP contribution in [0.2, 0.25) is 0 Å². The zero-order valence-corrected chi connectivity index (χ0v) is 11.3. The summed E-state index contributed by atoms with van der Waals surface area (Å²) < 4.78 is 26.9. The van der Waals surface area contributed by atoms with Crippen LogP contribution in [0.1, 0.15) is 0 Å². The zero-order chi connectivity index (χ0) is 14.9. The maximum Gasteiger partial charge on any atom is 0.311 e. The van der Waals surface area contributed by atoms with Crippen molar-refractivity contribution in [2.75, 3.05) is 11.1 Å². The molecule has 0 aliphatic carbocycles. The van der Waals surface area contributed by atoms with Crippen molar-refractivity contribution >= 4 is 38.9 Å². The van der Waals surface area contributed by atoms with Gasteiger partial charge in [-0.1, -0.05) is 0 Å². The Balaban J connectivity index is 2.33. The Bertz CT molecular complexity index is 696. The van der Waals surface area contributed by atoms with Gasteiger partial charge >= 0.3 is 5.69 Å². The van der Waals surface area contributed by atoms with E-state index in [1.54, 1.807) is 0 Å². The number of nitrogens with zero attached hydrogens (tertiary/aromatic N) is 2. The SMILES string of the molecule is Nc1nc(Nc2cc(F)c(Br)cc2F)ccc1[N+](=O)[O-]. The van der Waals surface area contributed by atoms with E-state index in [1.165, 1.54) is 6.07 Å². The molecule has 0 saturated heterocycles. The Morgan fingerprint density at radius 1 is 1.30 bits per heavy atom. The second-order valence-electron chi connectivity index (χ2n) is 3.73. The number of nitro groups is 1. The number of rotatable bonds is 3. The van der Waals surface area contributed by atoms with Crippen LogP contribution in [0.5, 0.6) is 0 Å². The number of nitrogens with two attached hydrogens (primary N) is 1. The lowest BCUT2D eigenvalue weighted by atomic mass is 10.3. The molecule has 0 saturated carbocycles. The van der Waals surface area contributed by atoms with E-state index in [4.69, 9.17) is 5.73 Å². The molecule has 0 fully saturated rings. The number of pyridine rings is 1. The normalized spacial score (nSPS) is 10.3. The fourth-order valence-corrected chi connectivity index (χ4v) is 1.76. The molecule has 0 spiro atoms. The Labute approximate surface area is 119 Å². The third-order valence-corrected chi connectivity index (χ3v) is 2.98. The van der Waals surface area contributed by atoms with Crippen LogP contribution in [0.15, 0.2) is 28.7 Å². The first-order valence-corrected chi connectivity index (χ1v) is 6.00. The van der Waals surface area contributed by atoms with Crippen molar-refractivity contribution in [1.29, 1.82) is 0 Å². The van der Waals surface area contributed by atoms with Gasteiger partial charge in [-0.05, 0) is 28.1 Å². The first kappa shape index (κ1) is 14.1. The molecule has 0 unspecified atom stereocenters. The fraction of sp³-hybridized carbons (Fsp3) is 0. The summed E-state index contributed by atoms with van der Waals surface area (Å²) in [6, 6.07) is 4.25. The van der Waals surface area contributed by atoms with Gasteiger partial charge in [0.2, 0.25) is 5.82 Å². The molecular formula is C11H7BrF2N4O2. The number of anilines is 3. The summed E-state index contributed by atoms with van der Waals surface area (Å²) in [6.45, 7) is 0.